The number of halogens is 2. The third-order valence-corrected chi connectivity index (χ3v) is 4.71. The number of nitrogens with zero attached hydrogens (tertiary/aromatic N) is 2. The Bertz CT molecular complexity index is 1030. The van der Waals surface area contributed by atoms with Crippen molar-refractivity contribution in [2.24, 2.45) is 0 Å². The van der Waals surface area contributed by atoms with Gasteiger partial charge in [-0.3, -0.25) is 4.98 Å². The van der Waals surface area contributed by atoms with Crippen LogP contribution in [0.5, 0.6) is 0 Å². The van der Waals surface area contributed by atoms with Gasteiger partial charge in [0.05, 0.1) is 11.2 Å². The summed E-state index contributed by atoms with van der Waals surface area (Å²) in [5.41, 5.74) is 4.85. The van der Waals surface area contributed by atoms with Gasteiger partial charge < -0.3 is 0 Å². The first-order valence-corrected chi connectivity index (χ1v) is 8.65. The lowest BCUT2D eigenvalue weighted by Crippen LogP contribution is -1.91. The zero-order valence-electron chi connectivity index (χ0n) is 12.6. The molecule has 0 N–H and O–H groups in total. The van der Waals surface area contributed by atoms with Crippen LogP contribution in [-0.2, 0) is 0 Å². The summed E-state index contributed by atoms with van der Waals surface area (Å²) in [4.78, 5) is 9.00. The van der Waals surface area contributed by atoms with Gasteiger partial charge in [-0.15, -0.1) is 0 Å². The lowest BCUT2D eigenvalue weighted by molar-refractivity contribution is 1.30. The molecule has 0 aliphatic heterocycles. The molecule has 0 fully saturated rings. The molecular weight excluding hydrogens is 384 g/mol. The number of fused-ring (bicyclic) bond motifs is 1. The van der Waals surface area contributed by atoms with Crippen molar-refractivity contribution in [2.75, 3.05) is 0 Å². The standard InChI is InChI=1S/C20H12BrClN2/c21-14-7-8-19-17(10-14)16(15-5-1-2-6-18(15)22)11-20(24-19)13-4-3-9-23-12-13/h1-12H. The van der Waals surface area contributed by atoms with E-state index >= 15 is 0 Å². The highest BCUT2D eigenvalue weighted by atomic mass is 79.9. The van der Waals surface area contributed by atoms with Gasteiger partial charge in [0.25, 0.3) is 0 Å². The molecule has 0 aliphatic rings. The second-order valence-electron chi connectivity index (χ2n) is 5.44. The third-order valence-electron chi connectivity index (χ3n) is 3.89. The van der Waals surface area contributed by atoms with E-state index in [1.165, 1.54) is 0 Å². The van der Waals surface area contributed by atoms with E-state index in [2.05, 4.69) is 33.0 Å². The second-order valence-corrected chi connectivity index (χ2v) is 6.76. The van der Waals surface area contributed by atoms with E-state index in [9.17, 15) is 0 Å². The first kappa shape index (κ1) is 15.3. The van der Waals surface area contributed by atoms with Gasteiger partial charge in [-0.05, 0) is 48.0 Å². The fraction of sp³-hybridized carbons (Fsp3) is 0. The molecule has 0 bridgehead atoms. The van der Waals surface area contributed by atoms with Crippen molar-refractivity contribution in [3.8, 4) is 22.4 Å². The summed E-state index contributed by atoms with van der Waals surface area (Å²) in [6, 6.07) is 20.0. The molecule has 0 amide bonds. The average molecular weight is 396 g/mol. The third kappa shape index (κ3) is 2.81. The van der Waals surface area contributed by atoms with Crippen LogP contribution in [0.1, 0.15) is 0 Å². The van der Waals surface area contributed by atoms with Gasteiger partial charge in [-0.1, -0.05) is 45.7 Å². The van der Waals surface area contributed by atoms with Crippen molar-refractivity contribution in [3.05, 3.63) is 82.6 Å². The SMILES string of the molecule is Clc1ccccc1-c1cc(-c2cccnc2)nc2ccc(Br)cc12. The van der Waals surface area contributed by atoms with Gasteiger partial charge in [0.1, 0.15) is 0 Å². The summed E-state index contributed by atoms with van der Waals surface area (Å²) in [6.45, 7) is 0. The molecule has 2 aromatic carbocycles. The lowest BCUT2D eigenvalue weighted by atomic mass is 9.98. The average Bonchev–Trinajstić information content (AvgIpc) is 2.62. The van der Waals surface area contributed by atoms with Gasteiger partial charge in [-0.25, -0.2) is 4.98 Å². The molecule has 4 rings (SSSR count). The molecular formula is C20H12BrClN2. The molecule has 0 saturated carbocycles. The maximum absolute atomic E-state index is 6.45. The maximum Gasteiger partial charge on any atom is 0.0731 e. The normalized spacial score (nSPS) is 10.9. The van der Waals surface area contributed by atoms with Gasteiger partial charge in [0, 0.05) is 38.4 Å². The van der Waals surface area contributed by atoms with Crippen LogP contribution in [0.4, 0.5) is 0 Å². The summed E-state index contributed by atoms with van der Waals surface area (Å²) in [7, 11) is 0. The smallest absolute Gasteiger partial charge is 0.0731 e. The quantitative estimate of drug-likeness (QED) is 0.393. The Balaban J connectivity index is 2.06. The summed E-state index contributed by atoms with van der Waals surface area (Å²) in [5, 5.41) is 1.78. The van der Waals surface area contributed by atoms with E-state index in [0.717, 1.165) is 42.8 Å². The Morgan fingerprint density at radius 2 is 1.75 bits per heavy atom. The Hall–Kier alpha value is -2.23. The molecule has 4 heteroatoms. The molecule has 0 atom stereocenters. The fourth-order valence-electron chi connectivity index (χ4n) is 2.76. The molecule has 4 aromatic rings. The van der Waals surface area contributed by atoms with Crippen molar-refractivity contribution >= 4 is 38.4 Å². The van der Waals surface area contributed by atoms with E-state index in [1.54, 1.807) is 6.20 Å². The van der Waals surface area contributed by atoms with E-state index < -0.39 is 0 Å². The van der Waals surface area contributed by atoms with E-state index in [-0.39, 0.29) is 0 Å². The number of rotatable bonds is 2. The molecule has 116 valence electrons. The number of benzene rings is 2. The van der Waals surface area contributed by atoms with E-state index in [4.69, 9.17) is 16.6 Å². The highest BCUT2D eigenvalue weighted by Crippen LogP contribution is 2.36. The Morgan fingerprint density at radius 3 is 2.54 bits per heavy atom. The minimum atomic E-state index is 0.724. The van der Waals surface area contributed by atoms with Crippen molar-refractivity contribution in [1.82, 2.24) is 9.97 Å². The second kappa shape index (κ2) is 6.34. The van der Waals surface area contributed by atoms with E-state index in [1.807, 2.05) is 54.7 Å². The van der Waals surface area contributed by atoms with Crippen LogP contribution in [0.15, 0.2) is 77.5 Å². The molecule has 24 heavy (non-hydrogen) atoms. The van der Waals surface area contributed by atoms with Gasteiger partial charge in [0.15, 0.2) is 0 Å². The van der Waals surface area contributed by atoms with E-state index in [0.29, 0.717) is 0 Å². The van der Waals surface area contributed by atoms with Crippen molar-refractivity contribution < 1.29 is 0 Å². The summed E-state index contributed by atoms with van der Waals surface area (Å²) >= 11 is 10.0. The van der Waals surface area contributed by atoms with Crippen molar-refractivity contribution in [3.63, 3.8) is 0 Å². The van der Waals surface area contributed by atoms with Crippen LogP contribution in [-0.4, -0.2) is 9.97 Å². The highest BCUT2D eigenvalue weighted by Gasteiger charge is 2.12. The molecule has 0 unspecified atom stereocenters. The highest BCUT2D eigenvalue weighted by molar-refractivity contribution is 9.10. The number of hydrogen-bond acceptors (Lipinski definition) is 2. The molecule has 2 aromatic heterocycles. The van der Waals surface area contributed by atoms with Crippen LogP contribution < -0.4 is 0 Å². The van der Waals surface area contributed by atoms with Crippen LogP contribution >= 0.6 is 27.5 Å². The molecule has 2 nitrogen and oxygen atoms in total. The number of aromatic nitrogens is 2. The minimum Gasteiger partial charge on any atom is -0.264 e. The largest absolute Gasteiger partial charge is 0.264 e. The van der Waals surface area contributed by atoms with Crippen LogP contribution in [0.25, 0.3) is 33.3 Å². The molecule has 0 aliphatic carbocycles. The Kier molecular flexibility index (Phi) is 4.05. The van der Waals surface area contributed by atoms with Gasteiger partial charge >= 0.3 is 0 Å². The monoisotopic (exact) mass is 394 g/mol. The van der Waals surface area contributed by atoms with Crippen molar-refractivity contribution in [1.29, 1.82) is 0 Å². The predicted octanol–water partition coefficient (Wildman–Crippen LogP) is 6.38. The van der Waals surface area contributed by atoms with Crippen LogP contribution in [0.3, 0.4) is 0 Å². The summed E-state index contributed by atoms with van der Waals surface area (Å²) in [5.74, 6) is 0. The minimum absolute atomic E-state index is 0.724. The van der Waals surface area contributed by atoms with Crippen molar-refractivity contribution in [2.45, 2.75) is 0 Å². The van der Waals surface area contributed by atoms with Gasteiger partial charge in [0.2, 0.25) is 0 Å². The Morgan fingerprint density at radius 1 is 0.875 bits per heavy atom. The fourth-order valence-corrected chi connectivity index (χ4v) is 3.36. The van der Waals surface area contributed by atoms with Crippen LogP contribution in [0.2, 0.25) is 5.02 Å². The number of pyridine rings is 2. The summed E-state index contributed by atoms with van der Waals surface area (Å²) < 4.78 is 1.01. The first-order valence-electron chi connectivity index (χ1n) is 7.48. The predicted molar refractivity (Wildman–Crippen MR) is 103 cm³/mol. The Labute approximate surface area is 153 Å². The first-order chi connectivity index (χ1) is 11.7. The molecule has 2 heterocycles. The molecule has 0 spiro atoms. The maximum atomic E-state index is 6.45. The van der Waals surface area contributed by atoms with Crippen LogP contribution in [0, 0.1) is 0 Å². The zero-order valence-corrected chi connectivity index (χ0v) is 14.9. The number of hydrogen-bond donors (Lipinski definition) is 0. The summed E-state index contributed by atoms with van der Waals surface area (Å²) in [6.07, 6.45) is 3.58. The zero-order chi connectivity index (χ0) is 16.5. The molecule has 0 saturated heterocycles. The molecule has 0 radical (unpaired) electrons. The van der Waals surface area contributed by atoms with Gasteiger partial charge in [-0.2, -0.15) is 0 Å². The lowest BCUT2D eigenvalue weighted by Gasteiger charge is -2.12. The topological polar surface area (TPSA) is 25.8 Å².